The summed E-state index contributed by atoms with van der Waals surface area (Å²) in [4.78, 5) is 15.9. The third-order valence-electron chi connectivity index (χ3n) is 4.46. The van der Waals surface area contributed by atoms with E-state index in [1.807, 2.05) is 18.5 Å². The Balaban J connectivity index is 1.85. The third kappa shape index (κ3) is 1.72. The van der Waals surface area contributed by atoms with Gasteiger partial charge in [0.15, 0.2) is 0 Å². The van der Waals surface area contributed by atoms with Crippen LogP contribution >= 0.6 is 0 Å². The summed E-state index contributed by atoms with van der Waals surface area (Å²) in [6, 6.07) is 0.226. The lowest BCUT2D eigenvalue weighted by atomic mass is 9.79. The largest absolute Gasteiger partial charge is 0.481 e. The quantitative estimate of drug-likeness (QED) is 0.885. The summed E-state index contributed by atoms with van der Waals surface area (Å²) in [6.07, 6.45) is 4.91. The maximum absolute atomic E-state index is 11.6. The van der Waals surface area contributed by atoms with Gasteiger partial charge >= 0.3 is 5.97 Å². The molecule has 1 heterocycles. The van der Waals surface area contributed by atoms with Crippen molar-refractivity contribution < 1.29 is 9.90 Å². The number of carboxylic acid groups (broad SMARTS) is 1. The van der Waals surface area contributed by atoms with E-state index >= 15 is 0 Å². The number of hydrogen-bond acceptors (Lipinski definition) is 3. The predicted molar refractivity (Wildman–Crippen MR) is 65.0 cm³/mol. The fourth-order valence-corrected chi connectivity index (χ4v) is 3.43. The first-order valence-electron chi connectivity index (χ1n) is 6.63. The zero-order valence-electron chi connectivity index (χ0n) is 10.8. The average molecular weight is 249 g/mol. The number of carbonyl (C=O) groups is 1. The third-order valence-corrected chi connectivity index (χ3v) is 4.46. The fraction of sp³-hybridized carbons (Fsp3) is 0.769. The predicted octanol–water partition coefficient (Wildman–Crippen LogP) is 1.90. The van der Waals surface area contributed by atoms with Gasteiger partial charge in [-0.25, -0.2) is 9.67 Å². The van der Waals surface area contributed by atoms with Crippen molar-refractivity contribution in [3.63, 3.8) is 0 Å². The lowest BCUT2D eigenvalue weighted by Crippen LogP contribution is -2.33. The topological polar surface area (TPSA) is 68.0 Å². The first kappa shape index (κ1) is 11.7. The van der Waals surface area contributed by atoms with Crippen LogP contribution in [0.5, 0.6) is 0 Å². The molecule has 2 atom stereocenters. The molecule has 18 heavy (non-hydrogen) atoms. The van der Waals surface area contributed by atoms with Crippen LogP contribution in [-0.4, -0.2) is 25.8 Å². The van der Waals surface area contributed by atoms with Crippen LogP contribution in [0.4, 0.5) is 0 Å². The van der Waals surface area contributed by atoms with Crippen LogP contribution in [0.1, 0.15) is 45.0 Å². The Hall–Kier alpha value is -1.39. The van der Waals surface area contributed by atoms with Gasteiger partial charge < -0.3 is 5.11 Å². The van der Waals surface area contributed by atoms with E-state index in [0.29, 0.717) is 18.3 Å². The van der Waals surface area contributed by atoms with Crippen molar-refractivity contribution in [1.82, 2.24) is 14.8 Å². The van der Waals surface area contributed by atoms with Crippen LogP contribution in [0, 0.1) is 17.3 Å². The Morgan fingerprint density at radius 1 is 1.56 bits per heavy atom. The minimum Gasteiger partial charge on any atom is -0.481 e. The van der Waals surface area contributed by atoms with Crippen LogP contribution in [0.2, 0.25) is 0 Å². The molecule has 2 fully saturated rings. The van der Waals surface area contributed by atoms with Gasteiger partial charge in [0.25, 0.3) is 0 Å². The molecule has 3 rings (SSSR count). The van der Waals surface area contributed by atoms with Crippen molar-refractivity contribution in [3.05, 3.63) is 12.2 Å². The van der Waals surface area contributed by atoms with Crippen molar-refractivity contribution in [2.45, 2.75) is 45.6 Å². The summed E-state index contributed by atoms with van der Waals surface area (Å²) < 4.78 is 1.84. The Morgan fingerprint density at radius 2 is 2.22 bits per heavy atom. The number of nitrogens with zero attached hydrogens (tertiary/aromatic N) is 3. The summed E-state index contributed by atoms with van der Waals surface area (Å²) in [5.41, 5.74) is -0.590. The van der Waals surface area contributed by atoms with Gasteiger partial charge in [0, 0.05) is 12.5 Å². The lowest BCUT2D eigenvalue weighted by molar-refractivity contribution is -0.149. The summed E-state index contributed by atoms with van der Waals surface area (Å²) in [7, 11) is 0. The lowest BCUT2D eigenvalue weighted by Gasteiger charge is -2.25. The normalized spacial score (nSPS) is 33.7. The highest BCUT2D eigenvalue weighted by Gasteiger charge is 2.57. The highest BCUT2D eigenvalue weighted by atomic mass is 16.4. The van der Waals surface area contributed by atoms with Crippen LogP contribution in [0.25, 0.3) is 0 Å². The van der Waals surface area contributed by atoms with E-state index in [9.17, 15) is 9.90 Å². The van der Waals surface area contributed by atoms with Gasteiger partial charge in [-0.3, -0.25) is 4.79 Å². The van der Waals surface area contributed by atoms with Gasteiger partial charge in [0.05, 0.1) is 5.41 Å². The van der Waals surface area contributed by atoms with E-state index in [2.05, 4.69) is 10.1 Å². The number of carboxylic acids is 1. The van der Waals surface area contributed by atoms with Gasteiger partial charge in [-0.15, -0.1) is 0 Å². The Labute approximate surface area is 106 Å². The molecule has 1 N–H and O–H groups in total. The van der Waals surface area contributed by atoms with Crippen molar-refractivity contribution in [2.75, 3.05) is 0 Å². The maximum atomic E-state index is 11.6. The molecule has 98 valence electrons. The van der Waals surface area contributed by atoms with E-state index in [1.165, 1.54) is 12.7 Å². The van der Waals surface area contributed by atoms with E-state index in [4.69, 9.17) is 0 Å². The molecule has 0 radical (unpaired) electrons. The summed E-state index contributed by atoms with van der Waals surface area (Å²) in [5, 5.41) is 13.8. The summed E-state index contributed by atoms with van der Waals surface area (Å²) in [6.45, 7) is 4.08. The molecule has 2 saturated carbocycles. The molecule has 2 unspecified atom stereocenters. The monoisotopic (exact) mass is 249 g/mol. The van der Waals surface area contributed by atoms with Crippen molar-refractivity contribution in [1.29, 1.82) is 0 Å². The van der Waals surface area contributed by atoms with E-state index < -0.39 is 11.4 Å². The second kappa shape index (κ2) is 3.80. The number of aromatic nitrogens is 3. The molecular weight excluding hydrogens is 230 g/mol. The molecule has 0 amide bonds. The summed E-state index contributed by atoms with van der Waals surface area (Å²) >= 11 is 0. The van der Waals surface area contributed by atoms with Gasteiger partial charge in [-0.2, -0.15) is 5.10 Å². The van der Waals surface area contributed by atoms with Crippen molar-refractivity contribution >= 4 is 5.97 Å². The Kier molecular flexibility index (Phi) is 2.47. The van der Waals surface area contributed by atoms with Gasteiger partial charge in [0.1, 0.15) is 12.2 Å². The molecule has 2 aliphatic rings. The van der Waals surface area contributed by atoms with Crippen LogP contribution in [0.15, 0.2) is 6.33 Å². The van der Waals surface area contributed by atoms with E-state index in [-0.39, 0.29) is 6.04 Å². The molecule has 0 aromatic carbocycles. The molecule has 0 bridgehead atoms. The molecule has 2 aliphatic carbocycles. The smallest absolute Gasteiger partial charge is 0.310 e. The first-order valence-corrected chi connectivity index (χ1v) is 6.63. The second-order valence-electron chi connectivity index (χ2n) is 6.14. The Morgan fingerprint density at radius 3 is 2.78 bits per heavy atom. The number of rotatable bonds is 4. The first-order chi connectivity index (χ1) is 8.52. The van der Waals surface area contributed by atoms with Crippen molar-refractivity contribution in [2.24, 2.45) is 17.3 Å². The zero-order valence-corrected chi connectivity index (χ0v) is 10.8. The summed E-state index contributed by atoms with van der Waals surface area (Å²) in [5.74, 6) is 1.45. The van der Waals surface area contributed by atoms with Crippen LogP contribution in [-0.2, 0) is 11.2 Å². The number of aliphatic carboxylic acids is 1. The van der Waals surface area contributed by atoms with Gasteiger partial charge in [-0.1, -0.05) is 0 Å². The van der Waals surface area contributed by atoms with Crippen molar-refractivity contribution in [3.8, 4) is 0 Å². The Bertz CT molecular complexity index is 470. The van der Waals surface area contributed by atoms with Gasteiger partial charge in [-0.05, 0) is 44.9 Å². The molecule has 1 aromatic rings. The minimum absolute atomic E-state index is 0.226. The fourth-order valence-electron chi connectivity index (χ4n) is 3.43. The highest BCUT2D eigenvalue weighted by molar-refractivity contribution is 5.75. The zero-order chi connectivity index (χ0) is 12.9. The van der Waals surface area contributed by atoms with E-state index in [0.717, 1.165) is 18.7 Å². The molecule has 0 saturated heterocycles. The van der Waals surface area contributed by atoms with Crippen LogP contribution in [0.3, 0.4) is 0 Å². The number of hydrogen-bond donors (Lipinski definition) is 1. The molecule has 1 aromatic heterocycles. The molecule has 0 aliphatic heterocycles. The SMILES string of the molecule is CC(C)n1ncnc1CC1(C(=O)O)CC2CC2C1. The van der Waals surface area contributed by atoms with Crippen LogP contribution < -0.4 is 0 Å². The molecular formula is C13H19N3O2. The van der Waals surface area contributed by atoms with Gasteiger partial charge in [0.2, 0.25) is 0 Å². The number of fused-ring (bicyclic) bond motifs is 1. The maximum Gasteiger partial charge on any atom is 0.310 e. The highest BCUT2D eigenvalue weighted by Crippen LogP contribution is 2.60. The standard InChI is InChI=1S/C13H19N3O2/c1-8(2)16-11(14-7-15-16)6-13(12(17)18)4-9-3-10(9)5-13/h7-10H,3-6H2,1-2H3,(H,17,18). The molecule has 5 nitrogen and oxygen atoms in total. The second-order valence-corrected chi connectivity index (χ2v) is 6.14. The average Bonchev–Trinajstić information content (AvgIpc) is 2.76. The molecule has 5 heteroatoms. The minimum atomic E-state index is -0.659. The molecule has 0 spiro atoms. The van der Waals surface area contributed by atoms with E-state index in [1.54, 1.807) is 0 Å².